The molecule has 3 aromatic carbocycles. The Kier molecular flexibility index (Phi) is 4.50. The molecule has 4 aromatic rings. The summed E-state index contributed by atoms with van der Waals surface area (Å²) in [6.07, 6.45) is 9.69. The summed E-state index contributed by atoms with van der Waals surface area (Å²) in [4.78, 5) is 0. The summed E-state index contributed by atoms with van der Waals surface area (Å²) < 4.78 is 1.14. The van der Waals surface area contributed by atoms with Crippen LogP contribution < -0.4 is 10.4 Å². The van der Waals surface area contributed by atoms with Gasteiger partial charge < -0.3 is 5.11 Å². The Bertz CT molecular complexity index is 1380. The first-order chi connectivity index (χ1) is 13.8. The molecule has 2 heteroatoms. The molecule has 0 aliphatic heterocycles. The third-order valence-corrected chi connectivity index (χ3v) is 6.59. The van der Waals surface area contributed by atoms with Gasteiger partial charge in [0.15, 0.2) is 0 Å². The van der Waals surface area contributed by atoms with Gasteiger partial charge in [0.2, 0.25) is 0 Å². The summed E-state index contributed by atoms with van der Waals surface area (Å²) in [5.41, 5.74) is 3.17. The molecule has 2 aliphatic carbocycles. The third-order valence-electron chi connectivity index (χ3n) is 5.71. The number of hydrogen-bond acceptors (Lipinski definition) is 2. The molecule has 1 aromatic heterocycles. The van der Waals surface area contributed by atoms with Crippen molar-refractivity contribution in [2.24, 2.45) is 0 Å². The largest absolute Gasteiger partial charge is 0.507 e. The van der Waals surface area contributed by atoms with Crippen LogP contribution in [-0.4, -0.2) is 5.11 Å². The van der Waals surface area contributed by atoms with Crippen molar-refractivity contribution in [3.05, 3.63) is 98.0 Å². The van der Waals surface area contributed by atoms with E-state index in [4.69, 9.17) is 0 Å². The normalized spacial score (nSPS) is 13.9. The average Bonchev–Trinajstić information content (AvgIpc) is 3.24. The first-order valence-corrected chi connectivity index (χ1v) is 10.7. The number of hydrogen-bond donors (Lipinski definition) is 1. The van der Waals surface area contributed by atoms with E-state index in [1.54, 1.807) is 28.5 Å². The van der Waals surface area contributed by atoms with E-state index in [1.165, 1.54) is 40.1 Å². The van der Waals surface area contributed by atoms with Crippen LogP contribution in [-0.2, 0) is 12.8 Å². The van der Waals surface area contributed by atoms with Gasteiger partial charge >= 0.3 is 0 Å². The Balaban J connectivity index is 0.000000145. The molecule has 0 radical (unpaired) electrons. The van der Waals surface area contributed by atoms with E-state index in [2.05, 4.69) is 48.6 Å². The Labute approximate surface area is 168 Å². The highest BCUT2D eigenvalue weighted by molar-refractivity contribution is 7.17. The van der Waals surface area contributed by atoms with Gasteiger partial charge in [-0.1, -0.05) is 54.6 Å². The zero-order valence-corrected chi connectivity index (χ0v) is 16.5. The van der Waals surface area contributed by atoms with Gasteiger partial charge in [-0.15, -0.1) is 11.3 Å². The van der Waals surface area contributed by atoms with Crippen LogP contribution in [0.15, 0.2) is 66.0 Å². The van der Waals surface area contributed by atoms with Crippen molar-refractivity contribution < 1.29 is 5.11 Å². The number of aromatic hydroxyl groups is 1. The Morgan fingerprint density at radius 1 is 0.750 bits per heavy atom. The van der Waals surface area contributed by atoms with Gasteiger partial charge in [0.05, 0.1) is 0 Å². The third kappa shape index (κ3) is 3.04. The molecule has 0 fully saturated rings. The molecule has 0 amide bonds. The smallest absolute Gasteiger partial charge is 0.124 e. The lowest BCUT2D eigenvalue weighted by atomic mass is 9.89. The molecule has 6 rings (SSSR count). The Morgan fingerprint density at radius 3 is 2.61 bits per heavy atom. The zero-order valence-electron chi connectivity index (χ0n) is 15.7. The fraction of sp³-hybridized carbons (Fsp3) is 0.154. The van der Waals surface area contributed by atoms with Crippen LogP contribution in [0.4, 0.5) is 0 Å². The van der Waals surface area contributed by atoms with Crippen LogP contribution in [0.25, 0.3) is 22.2 Å². The van der Waals surface area contributed by atoms with Crippen molar-refractivity contribution in [3.63, 3.8) is 0 Å². The number of benzene rings is 3. The maximum Gasteiger partial charge on any atom is 0.124 e. The summed E-state index contributed by atoms with van der Waals surface area (Å²) in [6, 6.07) is 20.9. The van der Waals surface area contributed by atoms with Crippen LogP contribution in [0.1, 0.15) is 24.0 Å². The maximum atomic E-state index is 9.27. The lowest BCUT2D eigenvalue weighted by Gasteiger charge is -2.16. The minimum Gasteiger partial charge on any atom is -0.507 e. The minimum atomic E-state index is 0.374. The van der Waals surface area contributed by atoms with Crippen molar-refractivity contribution in [2.75, 3.05) is 0 Å². The minimum absolute atomic E-state index is 0.374. The van der Waals surface area contributed by atoms with Crippen LogP contribution in [0.2, 0.25) is 0 Å². The molecule has 0 spiro atoms. The first-order valence-electron chi connectivity index (χ1n) is 9.87. The summed E-state index contributed by atoms with van der Waals surface area (Å²) in [5, 5.41) is 17.9. The molecule has 0 saturated carbocycles. The zero-order chi connectivity index (χ0) is 18.9. The highest BCUT2D eigenvalue weighted by Crippen LogP contribution is 2.27. The molecule has 0 atom stereocenters. The van der Waals surface area contributed by atoms with Crippen molar-refractivity contribution >= 4 is 33.6 Å². The van der Waals surface area contributed by atoms with Gasteiger partial charge in [-0.2, -0.15) is 0 Å². The summed E-state index contributed by atoms with van der Waals surface area (Å²) in [5.74, 6) is 0.374. The Hall–Kier alpha value is -2.84. The molecular formula is C26H22OS. The Morgan fingerprint density at radius 2 is 1.68 bits per heavy atom. The second-order valence-corrected chi connectivity index (χ2v) is 8.31. The molecule has 0 saturated heterocycles. The predicted molar refractivity (Wildman–Crippen MR) is 119 cm³/mol. The molecule has 1 heterocycles. The first kappa shape index (κ1) is 17.3. The van der Waals surface area contributed by atoms with Crippen molar-refractivity contribution in [2.45, 2.75) is 25.7 Å². The topological polar surface area (TPSA) is 20.2 Å². The van der Waals surface area contributed by atoms with Crippen LogP contribution in [0.5, 0.6) is 5.75 Å². The molecule has 28 heavy (non-hydrogen) atoms. The van der Waals surface area contributed by atoms with Crippen molar-refractivity contribution in [1.82, 2.24) is 0 Å². The highest BCUT2D eigenvalue weighted by Gasteiger charge is 2.10. The molecule has 138 valence electrons. The SMILES string of the molecule is C1=c2ccc3c(c2CCC1)CC=c1ccccc1=3.Oc1cccc2sccc12. The lowest BCUT2D eigenvalue weighted by Crippen LogP contribution is -2.19. The van der Waals surface area contributed by atoms with Crippen molar-refractivity contribution in [1.29, 1.82) is 0 Å². The van der Waals surface area contributed by atoms with Gasteiger partial charge in [0, 0.05) is 10.1 Å². The fourth-order valence-corrected chi connectivity index (χ4v) is 5.14. The van der Waals surface area contributed by atoms with E-state index < -0.39 is 0 Å². The standard InChI is InChI=1S/C18H16.C8H6OS/c1-3-7-15-13(5-1)9-11-18-16-8-4-2-6-14(16)10-12-17(15)18;9-7-2-1-3-8-6(7)4-5-10-8/h1,3,5-7,9-10,12H,2,4,8,11H2;1-5,9H. The molecule has 0 unspecified atom stereocenters. The lowest BCUT2D eigenvalue weighted by molar-refractivity contribution is 0.482. The molecular weight excluding hydrogens is 360 g/mol. The number of rotatable bonds is 0. The van der Waals surface area contributed by atoms with Gasteiger partial charge in [-0.05, 0) is 81.3 Å². The van der Waals surface area contributed by atoms with E-state index in [9.17, 15) is 5.11 Å². The summed E-state index contributed by atoms with van der Waals surface area (Å²) >= 11 is 1.64. The molecule has 1 nitrogen and oxygen atoms in total. The predicted octanol–water partition coefficient (Wildman–Crippen LogP) is 5.03. The summed E-state index contributed by atoms with van der Waals surface area (Å²) in [6.45, 7) is 0. The van der Waals surface area contributed by atoms with Gasteiger partial charge in [0.25, 0.3) is 0 Å². The average molecular weight is 383 g/mol. The van der Waals surface area contributed by atoms with Crippen LogP contribution >= 0.6 is 11.3 Å². The highest BCUT2D eigenvalue weighted by atomic mass is 32.1. The van der Waals surface area contributed by atoms with Crippen molar-refractivity contribution in [3.8, 4) is 5.75 Å². The maximum absolute atomic E-state index is 9.27. The molecule has 2 aliphatic rings. The van der Waals surface area contributed by atoms with Gasteiger partial charge in [-0.3, -0.25) is 0 Å². The van der Waals surface area contributed by atoms with E-state index in [0.717, 1.165) is 16.5 Å². The number of phenolic OH excluding ortho intramolecular Hbond substituents is 1. The molecule has 0 bridgehead atoms. The van der Waals surface area contributed by atoms with Gasteiger partial charge in [0.1, 0.15) is 5.75 Å². The number of thiophene rings is 1. The van der Waals surface area contributed by atoms with E-state index >= 15 is 0 Å². The number of fused-ring (bicyclic) bond motifs is 5. The second kappa shape index (κ2) is 7.29. The van der Waals surface area contributed by atoms with Crippen LogP contribution in [0, 0.1) is 10.4 Å². The van der Waals surface area contributed by atoms with Crippen LogP contribution in [0.3, 0.4) is 0 Å². The number of phenols is 1. The molecule has 1 N–H and O–H groups in total. The second-order valence-electron chi connectivity index (χ2n) is 7.36. The fourth-order valence-electron chi connectivity index (χ4n) is 4.33. The summed E-state index contributed by atoms with van der Waals surface area (Å²) in [7, 11) is 0. The monoisotopic (exact) mass is 382 g/mol. The van der Waals surface area contributed by atoms with E-state index in [1.807, 2.05) is 23.6 Å². The van der Waals surface area contributed by atoms with E-state index in [0.29, 0.717) is 5.75 Å². The van der Waals surface area contributed by atoms with Gasteiger partial charge in [-0.25, -0.2) is 0 Å². The van der Waals surface area contributed by atoms with E-state index in [-0.39, 0.29) is 0 Å². The quantitative estimate of drug-likeness (QED) is 0.452.